The zero-order valence-corrected chi connectivity index (χ0v) is 28.1. The topological polar surface area (TPSA) is 135 Å². The molecule has 10 nitrogen and oxygen atoms in total. The van der Waals surface area contributed by atoms with E-state index in [2.05, 4.69) is 6.92 Å². The smallest absolute Gasteiger partial charge is 0.330 e. The van der Waals surface area contributed by atoms with E-state index in [1.54, 1.807) is 0 Å². The molecular formula is C32H59O10P. The monoisotopic (exact) mass is 634 g/mol. The summed E-state index contributed by atoms with van der Waals surface area (Å²) in [6, 6.07) is 0. The standard InChI is InChI=1S/C32H59O10P/c1-5-6-7-8-9-10-11-12-13-14-15-16-17-18-19-20-21-22-23-39-43(36,37)25-30-32(41-28(4)35)31(40-27(3)34)29(42-30)24-38-26(2)33/h29-32H,5-25H2,1-4H3,(H,36,37)/t29-,30-,31-,32-/m1/s1. The van der Waals surface area contributed by atoms with E-state index >= 15 is 0 Å². The van der Waals surface area contributed by atoms with Crippen LogP contribution in [-0.4, -0.2) is 66.6 Å². The van der Waals surface area contributed by atoms with Gasteiger partial charge in [-0.15, -0.1) is 0 Å². The van der Waals surface area contributed by atoms with E-state index in [1.165, 1.54) is 111 Å². The fourth-order valence-corrected chi connectivity index (χ4v) is 6.71. The Labute approximate surface area is 259 Å². The molecule has 0 amide bonds. The summed E-state index contributed by atoms with van der Waals surface area (Å²) in [6.07, 6.45) is 17.9. The summed E-state index contributed by atoms with van der Waals surface area (Å²) in [5.74, 6) is -1.90. The molecule has 0 bridgehead atoms. The van der Waals surface area contributed by atoms with Gasteiger partial charge in [0.2, 0.25) is 0 Å². The van der Waals surface area contributed by atoms with Gasteiger partial charge in [0, 0.05) is 20.8 Å². The van der Waals surface area contributed by atoms with Crippen LogP contribution in [0.3, 0.4) is 0 Å². The van der Waals surface area contributed by atoms with E-state index in [4.69, 9.17) is 23.5 Å². The van der Waals surface area contributed by atoms with Crippen molar-refractivity contribution < 1.29 is 47.3 Å². The van der Waals surface area contributed by atoms with Crippen LogP contribution >= 0.6 is 7.60 Å². The van der Waals surface area contributed by atoms with Gasteiger partial charge in [-0.2, -0.15) is 0 Å². The Morgan fingerprint density at radius 3 is 1.42 bits per heavy atom. The van der Waals surface area contributed by atoms with Crippen molar-refractivity contribution in [3.05, 3.63) is 0 Å². The van der Waals surface area contributed by atoms with Gasteiger partial charge in [0.15, 0.2) is 12.2 Å². The van der Waals surface area contributed by atoms with Crippen LogP contribution in [0.25, 0.3) is 0 Å². The lowest BCUT2D eigenvalue weighted by molar-refractivity contribution is -0.165. The van der Waals surface area contributed by atoms with Crippen LogP contribution in [0.1, 0.15) is 143 Å². The molecule has 1 aliphatic rings. The molecule has 0 spiro atoms. The molecular weight excluding hydrogens is 575 g/mol. The summed E-state index contributed by atoms with van der Waals surface area (Å²) in [5, 5.41) is 0. The van der Waals surface area contributed by atoms with Crippen molar-refractivity contribution in [1.29, 1.82) is 0 Å². The van der Waals surface area contributed by atoms with Gasteiger partial charge in [0.25, 0.3) is 0 Å². The van der Waals surface area contributed by atoms with Crippen molar-refractivity contribution >= 4 is 25.5 Å². The zero-order valence-electron chi connectivity index (χ0n) is 27.2. The summed E-state index contributed by atoms with van der Waals surface area (Å²) in [5.41, 5.74) is 0. The summed E-state index contributed by atoms with van der Waals surface area (Å²) < 4.78 is 39.5. The molecule has 43 heavy (non-hydrogen) atoms. The maximum atomic E-state index is 12.8. The molecule has 1 unspecified atom stereocenters. The summed E-state index contributed by atoms with van der Waals surface area (Å²) >= 11 is 0. The number of unbranched alkanes of at least 4 members (excludes halogenated alkanes) is 17. The molecule has 0 aromatic heterocycles. The van der Waals surface area contributed by atoms with Crippen LogP contribution < -0.4 is 0 Å². The van der Waals surface area contributed by atoms with Crippen LogP contribution in [0.15, 0.2) is 0 Å². The molecule has 5 atom stereocenters. The van der Waals surface area contributed by atoms with Crippen LogP contribution in [0.4, 0.5) is 0 Å². The Bertz CT molecular complexity index is 820. The van der Waals surface area contributed by atoms with Gasteiger partial charge < -0.3 is 28.4 Å². The molecule has 1 aliphatic heterocycles. The molecule has 1 N–H and O–H groups in total. The third-order valence-electron chi connectivity index (χ3n) is 7.66. The number of hydrogen-bond donors (Lipinski definition) is 1. The third kappa shape index (κ3) is 20.2. The van der Waals surface area contributed by atoms with Gasteiger partial charge in [0.05, 0.1) is 12.8 Å². The summed E-state index contributed by atoms with van der Waals surface area (Å²) in [4.78, 5) is 45.1. The minimum atomic E-state index is -4.10. The Morgan fingerprint density at radius 1 is 0.628 bits per heavy atom. The van der Waals surface area contributed by atoms with Crippen molar-refractivity contribution in [3.63, 3.8) is 0 Å². The van der Waals surface area contributed by atoms with Gasteiger partial charge >= 0.3 is 25.5 Å². The molecule has 0 aromatic rings. The quantitative estimate of drug-likeness (QED) is 0.0443. The molecule has 252 valence electrons. The molecule has 0 saturated carbocycles. The van der Waals surface area contributed by atoms with E-state index in [0.717, 1.165) is 19.3 Å². The summed E-state index contributed by atoms with van der Waals surface area (Å²) in [7, 11) is -4.10. The van der Waals surface area contributed by atoms with Crippen LogP contribution in [-0.2, 0) is 42.4 Å². The molecule has 1 rings (SSSR count). The second kappa shape index (κ2) is 23.8. The Morgan fingerprint density at radius 2 is 1.02 bits per heavy atom. The highest BCUT2D eigenvalue weighted by Crippen LogP contribution is 2.46. The number of ether oxygens (including phenoxy) is 4. The van der Waals surface area contributed by atoms with E-state index < -0.39 is 56.1 Å². The number of esters is 3. The lowest BCUT2D eigenvalue weighted by atomic mass is 10.0. The second-order valence-corrected chi connectivity index (χ2v) is 13.7. The second-order valence-electron chi connectivity index (χ2n) is 11.8. The van der Waals surface area contributed by atoms with Crippen LogP contribution in [0.5, 0.6) is 0 Å². The number of carbonyl (C=O) groups is 3. The molecule has 0 aromatic carbocycles. The molecule has 1 heterocycles. The highest BCUT2D eigenvalue weighted by atomic mass is 31.2. The Balaban J connectivity index is 2.21. The number of carbonyl (C=O) groups excluding carboxylic acids is 3. The lowest BCUT2D eigenvalue weighted by Gasteiger charge is -2.24. The highest BCUT2D eigenvalue weighted by molar-refractivity contribution is 7.52. The Hall–Kier alpha value is -1.48. The fourth-order valence-electron chi connectivity index (χ4n) is 5.44. The van der Waals surface area contributed by atoms with Gasteiger partial charge in [-0.05, 0) is 6.42 Å². The van der Waals surface area contributed by atoms with Crippen LogP contribution in [0.2, 0.25) is 0 Å². The van der Waals surface area contributed by atoms with Crippen molar-refractivity contribution in [2.24, 2.45) is 0 Å². The minimum absolute atomic E-state index is 0.127. The summed E-state index contributed by atoms with van der Waals surface area (Å²) in [6.45, 7) is 5.69. The van der Waals surface area contributed by atoms with E-state index in [0.29, 0.717) is 6.42 Å². The first-order chi connectivity index (χ1) is 20.6. The van der Waals surface area contributed by atoms with Crippen molar-refractivity contribution in [3.8, 4) is 0 Å². The molecule has 1 saturated heterocycles. The first kappa shape index (κ1) is 39.5. The minimum Gasteiger partial charge on any atom is -0.463 e. The van der Waals surface area contributed by atoms with E-state index in [1.807, 2.05) is 0 Å². The average molecular weight is 635 g/mol. The van der Waals surface area contributed by atoms with Crippen molar-refractivity contribution in [2.75, 3.05) is 19.4 Å². The van der Waals surface area contributed by atoms with Crippen LogP contribution in [0, 0.1) is 0 Å². The SMILES string of the molecule is CCCCCCCCCCCCCCCCCCCCOP(=O)(O)C[C@H]1O[C@H](COC(C)=O)[C@@H](OC(C)=O)[C@@H]1OC(C)=O. The Kier molecular flexibility index (Phi) is 21.9. The maximum Gasteiger partial charge on any atom is 0.330 e. The molecule has 1 fully saturated rings. The largest absolute Gasteiger partial charge is 0.463 e. The van der Waals surface area contributed by atoms with Crippen molar-refractivity contribution in [2.45, 2.75) is 168 Å². The number of hydrogen-bond acceptors (Lipinski definition) is 9. The van der Waals surface area contributed by atoms with Gasteiger partial charge in [-0.1, -0.05) is 116 Å². The predicted octanol–water partition coefficient (Wildman–Crippen LogP) is 7.42. The molecule has 11 heteroatoms. The lowest BCUT2D eigenvalue weighted by Crippen LogP contribution is -2.42. The van der Waals surface area contributed by atoms with Gasteiger partial charge in [-0.3, -0.25) is 18.9 Å². The van der Waals surface area contributed by atoms with E-state index in [9.17, 15) is 23.8 Å². The van der Waals surface area contributed by atoms with Gasteiger partial charge in [0.1, 0.15) is 18.8 Å². The number of rotatable bonds is 26. The molecule has 0 radical (unpaired) electrons. The van der Waals surface area contributed by atoms with Gasteiger partial charge in [-0.25, -0.2) is 0 Å². The predicted molar refractivity (Wildman–Crippen MR) is 166 cm³/mol. The molecule has 0 aliphatic carbocycles. The third-order valence-corrected chi connectivity index (χ3v) is 9.07. The first-order valence-corrected chi connectivity index (χ1v) is 18.4. The fraction of sp³-hybridized carbons (Fsp3) is 0.906. The normalized spacial score (nSPS) is 21.3. The van der Waals surface area contributed by atoms with Crippen molar-refractivity contribution in [1.82, 2.24) is 0 Å². The maximum absolute atomic E-state index is 12.8. The zero-order chi connectivity index (χ0) is 31.9. The first-order valence-electron chi connectivity index (χ1n) is 16.6. The average Bonchev–Trinajstić information content (AvgIpc) is 3.22. The van der Waals surface area contributed by atoms with E-state index in [-0.39, 0.29) is 13.2 Å². The highest BCUT2D eigenvalue weighted by Gasteiger charge is 2.51.